The Hall–Kier alpha value is -2.18. The molecule has 7 heteroatoms. The Morgan fingerprint density at radius 2 is 1.73 bits per heavy atom. The largest absolute Gasteiger partial charge is 0.467 e. The second-order valence-corrected chi connectivity index (χ2v) is 6.56. The SMILES string of the molecule is COC(=O)C1(NC(=O)CCc2ccc(OC(F)F)cc2)CCCCCC1. The lowest BCUT2D eigenvalue weighted by atomic mass is 9.89. The lowest BCUT2D eigenvalue weighted by Gasteiger charge is -2.31. The van der Waals surface area contributed by atoms with E-state index in [-0.39, 0.29) is 24.0 Å². The summed E-state index contributed by atoms with van der Waals surface area (Å²) in [7, 11) is 1.34. The Bertz CT molecular complexity index is 596. The van der Waals surface area contributed by atoms with Crippen LogP contribution in [-0.2, 0) is 20.7 Å². The van der Waals surface area contributed by atoms with Crippen molar-refractivity contribution >= 4 is 11.9 Å². The average molecular weight is 369 g/mol. The van der Waals surface area contributed by atoms with Gasteiger partial charge in [-0.05, 0) is 37.0 Å². The lowest BCUT2D eigenvalue weighted by Crippen LogP contribution is -2.54. The van der Waals surface area contributed by atoms with Crippen LogP contribution in [0, 0.1) is 0 Å². The minimum atomic E-state index is -2.86. The van der Waals surface area contributed by atoms with E-state index in [4.69, 9.17) is 4.74 Å². The van der Waals surface area contributed by atoms with Crippen LogP contribution in [0.3, 0.4) is 0 Å². The van der Waals surface area contributed by atoms with Crippen LogP contribution < -0.4 is 10.1 Å². The smallest absolute Gasteiger partial charge is 0.387 e. The fourth-order valence-corrected chi connectivity index (χ4v) is 3.33. The van der Waals surface area contributed by atoms with Gasteiger partial charge in [0.25, 0.3) is 0 Å². The number of rotatable bonds is 7. The first-order valence-corrected chi connectivity index (χ1v) is 8.88. The summed E-state index contributed by atoms with van der Waals surface area (Å²) in [5.41, 5.74) is -0.105. The molecule has 0 bridgehead atoms. The van der Waals surface area contributed by atoms with Crippen LogP contribution in [0.15, 0.2) is 24.3 Å². The number of methoxy groups -OCH3 is 1. The number of carbonyl (C=O) groups is 2. The fraction of sp³-hybridized carbons (Fsp3) is 0.579. The van der Waals surface area contributed by atoms with Crippen molar-refractivity contribution in [2.75, 3.05) is 7.11 Å². The predicted octanol–water partition coefficient (Wildman–Crippen LogP) is 3.60. The highest BCUT2D eigenvalue weighted by molar-refractivity contribution is 5.88. The third-order valence-corrected chi connectivity index (χ3v) is 4.70. The molecule has 5 nitrogen and oxygen atoms in total. The predicted molar refractivity (Wildman–Crippen MR) is 92.0 cm³/mol. The first-order valence-electron chi connectivity index (χ1n) is 8.88. The summed E-state index contributed by atoms with van der Waals surface area (Å²) in [6, 6.07) is 6.18. The topological polar surface area (TPSA) is 64.6 Å². The van der Waals surface area contributed by atoms with Crippen molar-refractivity contribution < 1.29 is 27.8 Å². The summed E-state index contributed by atoms with van der Waals surface area (Å²) in [6.07, 6.45) is 5.66. The van der Waals surface area contributed by atoms with Crippen LogP contribution in [0.1, 0.15) is 50.5 Å². The summed E-state index contributed by atoms with van der Waals surface area (Å²) in [5, 5.41) is 2.89. The Balaban J connectivity index is 1.92. The number of ether oxygens (including phenoxy) is 2. The molecule has 1 saturated carbocycles. The average Bonchev–Trinajstić information content (AvgIpc) is 2.86. The van der Waals surface area contributed by atoms with Crippen LogP contribution in [0.25, 0.3) is 0 Å². The molecule has 2 rings (SSSR count). The van der Waals surface area contributed by atoms with Crippen molar-refractivity contribution in [3.05, 3.63) is 29.8 Å². The van der Waals surface area contributed by atoms with Crippen LogP contribution in [-0.4, -0.2) is 31.1 Å². The van der Waals surface area contributed by atoms with Crippen molar-refractivity contribution in [2.45, 2.75) is 63.5 Å². The van der Waals surface area contributed by atoms with E-state index in [0.29, 0.717) is 19.3 Å². The highest BCUT2D eigenvalue weighted by atomic mass is 19.3. The van der Waals surface area contributed by atoms with Gasteiger partial charge in [0.05, 0.1) is 7.11 Å². The summed E-state index contributed by atoms with van der Waals surface area (Å²) in [6.45, 7) is -2.86. The van der Waals surface area contributed by atoms with E-state index in [9.17, 15) is 18.4 Å². The molecule has 0 aromatic heterocycles. The normalized spacial score (nSPS) is 16.6. The van der Waals surface area contributed by atoms with E-state index >= 15 is 0 Å². The number of hydrogen-bond acceptors (Lipinski definition) is 4. The standard InChI is InChI=1S/C19H25F2NO4/c1-25-17(24)19(12-4-2-3-5-13-19)22-16(23)11-8-14-6-9-15(10-7-14)26-18(20)21/h6-7,9-10,18H,2-5,8,11-13H2,1H3,(H,22,23). The molecule has 0 unspecified atom stereocenters. The molecule has 0 aliphatic heterocycles. The van der Waals surface area contributed by atoms with E-state index in [1.54, 1.807) is 12.1 Å². The molecule has 1 aliphatic carbocycles. The van der Waals surface area contributed by atoms with E-state index in [2.05, 4.69) is 10.1 Å². The fourth-order valence-electron chi connectivity index (χ4n) is 3.33. The van der Waals surface area contributed by atoms with Crippen molar-refractivity contribution in [3.8, 4) is 5.75 Å². The molecular weight excluding hydrogens is 344 g/mol. The van der Waals surface area contributed by atoms with Gasteiger partial charge < -0.3 is 14.8 Å². The van der Waals surface area contributed by atoms with Crippen molar-refractivity contribution in [1.82, 2.24) is 5.32 Å². The molecule has 26 heavy (non-hydrogen) atoms. The van der Waals surface area contributed by atoms with Crippen molar-refractivity contribution in [1.29, 1.82) is 0 Å². The summed E-state index contributed by atoms with van der Waals surface area (Å²) < 4.78 is 33.5. The van der Waals surface area contributed by atoms with Gasteiger partial charge in [0.15, 0.2) is 0 Å². The zero-order chi connectivity index (χ0) is 19.0. The van der Waals surface area contributed by atoms with Crippen LogP contribution in [0.4, 0.5) is 8.78 Å². The maximum atomic E-state index is 12.4. The number of carbonyl (C=O) groups excluding carboxylic acids is 2. The van der Waals surface area contributed by atoms with Gasteiger partial charge in [0.2, 0.25) is 5.91 Å². The van der Waals surface area contributed by atoms with Gasteiger partial charge in [0, 0.05) is 6.42 Å². The first kappa shape index (κ1) is 20.1. The molecule has 0 spiro atoms. The Kier molecular flexibility index (Phi) is 7.36. The second kappa shape index (κ2) is 9.50. The zero-order valence-electron chi connectivity index (χ0n) is 14.9. The van der Waals surface area contributed by atoms with Crippen molar-refractivity contribution in [2.24, 2.45) is 0 Å². The second-order valence-electron chi connectivity index (χ2n) is 6.56. The molecule has 1 amide bonds. The van der Waals surface area contributed by atoms with Gasteiger partial charge in [-0.2, -0.15) is 8.78 Å². The highest BCUT2D eigenvalue weighted by Crippen LogP contribution is 2.28. The minimum Gasteiger partial charge on any atom is -0.467 e. The van der Waals surface area contributed by atoms with Crippen LogP contribution >= 0.6 is 0 Å². The molecule has 0 atom stereocenters. The third-order valence-electron chi connectivity index (χ3n) is 4.70. The molecule has 1 aromatic carbocycles. The monoisotopic (exact) mass is 369 g/mol. The van der Waals surface area contributed by atoms with E-state index in [1.807, 2.05) is 0 Å². The molecule has 0 radical (unpaired) electrons. The maximum absolute atomic E-state index is 12.4. The first-order chi connectivity index (χ1) is 12.4. The van der Waals surface area contributed by atoms with Crippen LogP contribution in [0.5, 0.6) is 5.75 Å². The Labute approximate surface area is 152 Å². The number of amides is 1. The molecule has 144 valence electrons. The highest BCUT2D eigenvalue weighted by Gasteiger charge is 2.40. The third kappa shape index (κ3) is 5.68. The number of nitrogens with one attached hydrogen (secondary N) is 1. The van der Waals surface area contributed by atoms with Gasteiger partial charge in [-0.1, -0.05) is 37.8 Å². The van der Waals surface area contributed by atoms with Gasteiger partial charge in [-0.3, -0.25) is 4.79 Å². The van der Waals surface area contributed by atoms with Gasteiger partial charge in [-0.25, -0.2) is 4.79 Å². The number of esters is 1. The van der Waals surface area contributed by atoms with E-state index in [1.165, 1.54) is 19.2 Å². The summed E-state index contributed by atoms with van der Waals surface area (Å²) in [4.78, 5) is 24.7. The van der Waals surface area contributed by atoms with Gasteiger partial charge >= 0.3 is 12.6 Å². The Morgan fingerprint density at radius 1 is 1.12 bits per heavy atom. The van der Waals surface area contributed by atoms with Gasteiger partial charge in [-0.15, -0.1) is 0 Å². The molecule has 0 heterocycles. The molecule has 0 saturated heterocycles. The molecule has 1 aromatic rings. The van der Waals surface area contributed by atoms with Gasteiger partial charge in [0.1, 0.15) is 11.3 Å². The summed E-state index contributed by atoms with van der Waals surface area (Å²) >= 11 is 0. The molecular formula is C19H25F2NO4. The number of halogens is 2. The minimum absolute atomic E-state index is 0.0799. The van der Waals surface area contributed by atoms with Crippen LogP contribution in [0.2, 0.25) is 0 Å². The number of aryl methyl sites for hydroxylation is 1. The molecule has 1 N–H and O–H groups in total. The maximum Gasteiger partial charge on any atom is 0.387 e. The van der Waals surface area contributed by atoms with E-state index < -0.39 is 12.2 Å². The lowest BCUT2D eigenvalue weighted by molar-refractivity contribution is -0.151. The summed E-state index contributed by atoms with van der Waals surface area (Å²) in [5.74, 6) is -0.525. The molecule has 1 aliphatic rings. The zero-order valence-corrected chi connectivity index (χ0v) is 14.9. The quantitative estimate of drug-likeness (QED) is 0.589. The number of benzene rings is 1. The number of hydrogen-bond donors (Lipinski definition) is 1. The van der Waals surface area contributed by atoms with Crippen molar-refractivity contribution in [3.63, 3.8) is 0 Å². The molecule has 1 fully saturated rings. The number of alkyl halides is 2. The van der Waals surface area contributed by atoms with E-state index in [0.717, 1.165) is 31.2 Å². The Morgan fingerprint density at radius 3 is 2.27 bits per heavy atom.